The van der Waals surface area contributed by atoms with Gasteiger partial charge in [-0.15, -0.1) is 0 Å². The molecule has 0 radical (unpaired) electrons. The Morgan fingerprint density at radius 3 is 3.05 bits per heavy atom. The molecule has 21 heavy (non-hydrogen) atoms. The first-order valence-electron chi connectivity index (χ1n) is 7.71. The van der Waals surface area contributed by atoms with Gasteiger partial charge < -0.3 is 14.8 Å². The third-order valence-electron chi connectivity index (χ3n) is 4.98. The van der Waals surface area contributed by atoms with Crippen LogP contribution >= 0.6 is 0 Å². The average Bonchev–Trinajstić information content (AvgIpc) is 2.90. The number of carbonyl (C=O) groups is 1. The maximum atomic E-state index is 12.3. The summed E-state index contributed by atoms with van der Waals surface area (Å²) in [6.07, 6.45) is 3.00. The van der Waals surface area contributed by atoms with Gasteiger partial charge in [0, 0.05) is 18.5 Å². The summed E-state index contributed by atoms with van der Waals surface area (Å²) in [5, 5.41) is 3.40. The lowest BCUT2D eigenvalue weighted by molar-refractivity contribution is -0.151. The van der Waals surface area contributed by atoms with E-state index in [9.17, 15) is 4.79 Å². The van der Waals surface area contributed by atoms with Gasteiger partial charge in [0.2, 0.25) is 0 Å². The van der Waals surface area contributed by atoms with E-state index in [1.54, 1.807) is 7.11 Å². The number of esters is 1. The molecule has 0 saturated carbocycles. The lowest BCUT2D eigenvalue weighted by atomic mass is 9.66. The number of fused-ring (bicyclic) bond motifs is 1. The van der Waals surface area contributed by atoms with Crippen molar-refractivity contribution < 1.29 is 14.3 Å². The third-order valence-corrected chi connectivity index (χ3v) is 4.98. The van der Waals surface area contributed by atoms with Gasteiger partial charge in [-0.1, -0.05) is 6.07 Å². The first-order valence-corrected chi connectivity index (χ1v) is 7.71. The first kappa shape index (κ1) is 14.4. The zero-order valence-electron chi connectivity index (χ0n) is 12.8. The number of ether oxygens (including phenoxy) is 2. The minimum atomic E-state index is -0.0474. The van der Waals surface area contributed by atoms with Gasteiger partial charge in [0.15, 0.2) is 0 Å². The highest BCUT2D eigenvalue weighted by molar-refractivity contribution is 5.74. The van der Waals surface area contributed by atoms with E-state index in [1.807, 2.05) is 13.0 Å². The van der Waals surface area contributed by atoms with E-state index in [1.165, 1.54) is 11.1 Å². The van der Waals surface area contributed by atoms with Gasteiger partial charge in [-0.05, 0) is 49.4 Å². The van der Waals surface area contributed by atoms with Crippen molar-refractivity contribution in [2.24, 2.45) is 11.3 Å². The minimum Gasteiger partial charge on any atom is -0.497 e. The molecule has 1 aliphatic carbocycles. The maximum Gasteiger partial charge on any atom is 0.310 e. The molecular weight excluding hydrogens is 266 g/mol. The van der Waals surface area contributed by atoms with Crippen LogP contribution in [0.25, 0.3) is 0 Å². The number of nitrogens with one attached hydrogen (secondary N) is 1. The zero-order valence-corrected chi connectivity index (χ0v) is 12.8. The maximum absolute atomic E-state index is 12.3. The van der Waals surface area contributed by atoms with Gasteiger partial charge in [-0.3, -0.25) is 4.79 Å². The summed E-state index contributed by atoms with van der Waals surface area (Å²) in [6, 6.07) is 6.30. The molecule has 1 aromatic carbocycles. The van der Waals surface area contributed by atoms with E-state index in [4.69, 9.17) is 9.47 Å². The number of rotatable bonds is 3. The second-order valence-electron chi connectivity index (χ2n) is 6.11. The number of hydrogen-bond acceptors (Lipinski definition) is 4. The van der Waals surface area contributed by atoms with Crippen molar-refractivity contribution in [3.8, 4) is 5.75 Å². The molecule has 1 aromatic rings. The minimum absolute atomic E-state index is 0.00557. The monoisotopic (exact) mass is 289 g/mol. The third kappa shape index (κ3) is 2.53. The molecule has 0 bridgehead atoms. The molecule has 4 heteroatoms. The van der Waals surface area contributed by atoms with Crippen LogP contribution in [0.3, 0.4) is 0 Å². The molecule has 4 nitrogen and oxygen atoms in total. The van der Waals surface area contributed by atoms with Gasteiger partial charge in [0.05, 0.1) is 19.6 Å². The molecule has 2 aliphatic rings. The summed E-state index contributed by atoms with van der Waals surface area (Å²) in [7, 11) is 1.69. The van der Waals surface area contributed by atoms with Crippen molar-refractivity contribution >= 4 is 5.97 Å². The molecule has 3 rings (SSSR count). The Morgan fingerprint density at radius 1 is 1.43 bits per heavy atom. The Bertz CT molecular complexity index is 543. The van der Waals surface area contributed by atoms with Gasteiger partial charge in [-0.2, -0.15) is 0 Å². The van der Waals surface area contributed by atoms with E-state index in [2.05, 4.69) is 17.4 Å². The summed E-state index contributed by atoms with van der Waals surface area (Å²) in [6.45, 7) is 3.95. The topological polar surface area (TPSA) is 47.6 Å². The molecule has 1 spiro atoms. The van der Waals surface area contributed by atoms with Crippen molar-refractivity contribution in [2.45, 2.75) is 26.2 Å². The zero-order chi connectivity index (χ0) is 14.9. The predicted octanol–water partition coefficient (Wildman–Crippen LogP) is 1.95. The molecule has 1 aliphatic heterocycles. The summed E-state index contributed by atoms with van der Waals surface area (Å²) in [5.41, 5.74) is 2.71. The van der Waals surface area contributed by atoms with Crippen LogP contribution in [0.5, 0.6) is 5.75 Å². The van der Waals surface area contributed by atoms with E-state index in [0.717, 1.165) is 38.1 Å². The van der Waals surface area contributed by atoms with Crippen molar-refractivity contribution in [1.29, 1.82) is 0 Å². The number of aryl methyl sites for hydroxylation is 1. The van der Waals surface area contributed by atoms with Crippen LogP contribution in [0.1, 0.15) is 24.5 Å². The van der Waals surface area contributed by atoms with Crippen LogP contribution in [-0.2, 0) is 22.4 Å². The molecule has 0 aromatic heterocycles. The Labute approximate surface area is 125 Å². The fourth-order valence-electron chi connectivity index (χ4n) is 3.82. The highest BCUT2D eigenvalue weighted by Gasteiger charge is 2.48. The summed E-state index contributed by atoms with van der Waals surface area (Å²) >= 11 is 0. The van der Waals surface area contributed by atoms with Crippen molar-refractivity contribution in [3.63, 3.8) is 0 Å². The number of carbonyl (C=O) groups excluding carboxylic acids is 1. The fraction of sp³-hybridized carbons (Fsp3) is 0.588. The van der Waals surface area contributed by atoms with E-state index in [0.29, 0.717) is 6.61 Å². The second kappa shape index (κ2) is 5.68. The lowest BCUT2D eigenvalue weighted by Crippen LogP contribution is -2.40. The average molecular weight is 289 g/mol. The molecule has 114 valence electrons. The van der Waals surface area contributed by atoms with Crippen molar-refractivity contribution in [2.75, 3.05) is 26.8 Å². The van der Waals surface area contributed by atoms with Crippen molar-refractivity contribution in [1.82, 2.24) is 5.32 Å². The van der Waals surface area contributed by atoms with Gasteiger partial charge in [-0.25, -0.2) is 0 Å². The Kier molecular flexibility index (Phi) is 3.89. The smallest absolute Gasteiger partial charge is 0.310 e. The number of methoxy groups -OCH3 is 1. The summed E-state index contributed by atoms with van der Waals surface area (Å²) in [4.78, 5) is 12.3. The highest BCUT2D eigenvalue weighted by Crippen LogP contribution is 2.44. The Balaban J connectivity index is 1.87. The molecule has 2 unspecified atom stereocenters. The van der Waals surface area contributed by atoms with E-state index < -0.39 is 0 Å². The molecule has 1 heterocycles. The normalized spacial score (nSPS) is 27.4. The van der Waals surface area contributed by atoms with Crippen LogP contribution < -0.4 is 10.1 Å². The van der Waals surface area contributed by atoms with E-state index >= 15 is 0 Å². The van der Waals surface area contributed by atoms with Crippen molar-refractivity contribution in [3.05, 3.63) is 29.3 Å². The number of benzene rings is 1. The molecule has 1 fully saturated rings. The Hall–Kier alpha value is -1.55. The summed E-state index contributed by atoms with van der Waals surface area (Å²) < 4.78 is 10.6. The van der Waals surface area contributed by atoms with Gasteiger partial charge in [0.25, 0.3) is 0 Å². The predicted molar refractivity (Wildman–Crippen MR) is 80.4 cm³/mol. The largest absolute Gasteiger partial charge is 0.497 e. The SMILES string of the molecule is CCOC(=O)C1CNCC12CCc1ccc(OC)cc1C2. The first-order chi connectivity index (χ1) is 10.2. The molecular formula is C17H23NO3. The van der Waals surface area contributed by atoms with Crippen LogP contribution in [0.15, 0.2) is 18.2 Å². The summed E-state index contributed by atoms with van der Waals surface area (Å²) in [5.74, 6) is 0.815. The quantitative estimate of drug-likeness (QED) is 0.864. The highest BCUT2D eigenvalue weighted by atomic mass is 16.5. The molecule has 2 atom stereocenters. The lowest BCUT2D eigenvalue weighted by Gasteiger charge is -2.38. The molecule has 1 saturated heterocycles. The standard InChI is InChI=1S/C17H23NO3/c1-3-21-16(19)15-10-18-11-17(15)7-6-12-4-5-14(20-2)8-13(12)9-17/h4-5,8,15,18H,3,6-7,9-11H2,1-2H3. The van der Waals surface area contributed by atoms with Gasteiger partial charge >= 0.3 is 5.97 Å². The van der Waals surface area contributed by atoms with E-state index in [-0.39, 0.29) is 17.3 Å². The van der Waals surface area contributed by atoms with Crippen LogP contribution in [0.4, 0.5) is 0 Å². The van der Waals surface area contributed by atoms with Crippen LogP contribution in [-0.4, -0.2) is 32.8 Å². The second-order valence-corrected chi connectivity index (χ2v) is 6.11. The fourth-order valence-corrected chi connectivity index (χ4v) is 3.82. The number of hydrogen-bond donors (Lipinski definition) is 1. The molecule has 0 amide bonds. The molecule has 1 N–H and O–H groups in total. The van der Waals surface area contributed by atoms with Crippen LogP contribution in [0, 0.1) is 11.3 Å². The van der Waals surface area contributed by atoms with Gasteiger partial charge in [0.1, 0.15) is 5.75 Å². The Morgan fingerprint density at radius 2 is 2.29 bits per heavy atom. The van der Waals surface area contributed by atoms with Crippen LogP contribution in [0.2, 0.25) is 0 Å².